The van der Waals surface area contributed by atoms with Gasteiger partial charge in [-0.1, -0.05) is 0 Å². The molecule has 0 fully saturated rings. The van der Waals surface area contributed by atoms with Gasteiger partial charge in [-0.2, -0.15) is 5.10 Å². The first-order valence-corrected chi connectivity index (χ1v) is 4.53. The number of imidazole rings is 1. The Morgan fingerprint density at radius 1 is 1.50 bits per heavy atom. The molecule has 5 heteroatoms. The molecule has 0 aromatic carbocycles. The van der Waals surface area contributed by atoms with Gasteiger partial charge in [-0.25, -0.2) is 4.98 Å². The highest BCUT2D eigenvalue weighted by atomic mass is 15.3. The molecular formula is C9H13N5. The first-order chi connectivity index (χ1) is 6.68. The molecule has 0 aliphatic rings. The summed E-state index contributed by atoms with van der Waals surface area (Å²) in [6, 6.07) is 2.26. The smallest absolute Gasteiger partial charge is 0.197 e. The summed E-state index contributed by atoms with van der Waals surface area (Å²) >= 11 is 0. The third kappa shape index (κ3) is 1.37. The van der Waals surface area contributed by atoms with Crippen LogP contribution in [0.25, 0.3) is 11.4 Å². The molecule has 0 aliphatic carbocycles. The molecule has 0 saturated heterocycles. The Morgan fingerprint density at radius 2 is 2.29 bits per heavy atom. The number of H-pyrrole nitrogens is 1. The third-order valence-electron chi connectivity index (χ3n) is 2.03. The molecule has 0 aliphatic heterocycles. The Morgan fingerprint density at radius 3 is 2.86 bits per heavy atom. The van der Waals surface area contributed by atoms with Gasteiger partial charge in [0.05, 0.1) is 17.6 Å². The lowest BCUT2D eigenvalue weighted by atomic mass is 10.3. The number of nitrogen functional groups attached to an aromatic ring is 1. The quantitative estimate of drug-likeness (QED) is 0.754. The van der Waals surface area contributed by atoms with E-state index in [-0.39, 0.29) is 0 Å². The van der Waals surface area contributed by atoms with Crippen molar-refractivity contribution >= 4 is 5.95 Å². The molecular weight excluding hydrogens is 178 g/mol. The molecule has 0 radical (unpaired) electrons. The van der Waals surface area contributed by atoms with Crippen molar-refractivity contribution in [3.8, 4) is 11.4 Å². The lowest BCUT2D eigenvalue weighted by Gasteiger charge is -2.08. The molecule has 0 spiro atoms. The van der Waals surface area contributed by atoms with Crippen LogP contribution >= 0.6 is 0 Å². The van der Waals surface area contributed by atoms with E-state index in [1.54, 1.807) is 12.4 Å². The molecule has 2 aromatic heterocycles. The van der Waals surface area contributed by atoms with Crippen LogP contribution in [0.4, 0.5) is 5.95 Å². The molecule has 0 bridgehead atoms. The van der Waals surface area contributed by atoms with Gasteiger partial charge in [0.15, 0.2) is 5.95 Å². The maximum atomic E-state index is 5.51. The van der Waals surface area contributed by atoms with Gasteiger partial charge < -0.3 is 10.7 Å². The van der Waals surface area contributed by atoms with Gasteiger partial charge in [-0.3, -0.25) is 4.68 Å². The lowest BCUT2D eigenvalue weighted by Crippen LogP contribution is -2.04. The largest absolute Gasteiger partial charge is 0.369 e. The molecule has 74 valence electrons. The number of nitrogens with two attached hydrogens (primary N) is 1. The number of nitrogens with zero attached hydrogens (tertiary/aromatic N) is 3. The average Bonchev–Trinajstić information content (AvgIpc) is 2.70. The van der Waals surface area contributed by atoms with E-state index in [1.807, 2.05) is 10.7 Å². The van der Waals surface area contributed by atoms with Crippen molar-refractivity contribution in [1.29, 1.82) is 0 Å². The fourth-order valence-corrected chi connectivity index (χ4v) is 1.41. The minimum atomic E-state index is 0.324. The van der Waals surface area contributed by atoms with Crippen LogP contribution in [0.15, 0.2) is 18.5 Å². The highest BCUT2D eigenvalue weighted by molar-refractivity contribution is 5.55. The zero-order chi connectivity index (χ0) is 10.1. The number of aromatic nitrogens is 4. The van der Waals surface area contributed by atoms with Crippen LogP contribution < -0.4 is 5.73 Å². The van der Waals surface area contributed by atoms with Crippen molar-refractivity contribution < 1.29 is 0 Å². The van der Waals surface area contributed by atoms with Crippen LogP contribution in [0, 0.1) is 0 Å². The summed E-state index contributed by atoms with van der Waals surface area (Å²) in [5.41, 5.74) is 7.42. The van der Waals surface area contributed by atoms with E-state index in [2.05, 4.69) is 28.9 Å². The second-order valence-corrected chi connectivity index (χ2v) is 3.44. The Labute approximate surface area is 82.0 Å². The molecule has 0 amide bonds. The second-order valence-electron chi connectivity index (χ2n) is 3.44. The monoisotopic (exact) mass is 191 g/mol. The molecule has 2 aromatic rings. The topological polar surface area (TPSA) is 72.5 Å². The van der Waals surface area contributed by atoms with E-state index in [4.69, 9.17) is 5.73 Å². The minimum absolute atomic E-state index is 0.324. The normalized spacial score (nSPS) is 11.1. The summed E-state index contributed by atoms with van der Waals surface area (Å²) in [5, 5.41) is 4.23. The molecule has 3 N–H and O–H groups in total. The Kier molecular flexibility index (Phi) is 1.99. The molecule has 2 heterocycles. The van der Waals surface area contributed by atoms with Crippen molar-refractivity contribution in [2.24, 2.45) is 0 Å². The molecule has 5 nitrogen and oxygen atoms in total. The van der Waals surface area contributed by atoms with E-state index in [1.165, 1.54) is 0 Å². The van der Waals surface area contributed by atoms with Crippen molar-refractivity contribution in [3.05, 3.63) is 18.5 Å². The minimum Gasteiger partial charge on any atom is -0.369 e. The lowest BCUT2D eigenvalue weighted by molar-refractivity contribution is 0.538. The predicted molar refractivity (Wildman–Crippen MR) is 54.6 cm³/mol. The molecule has 2 rings (SSSR count). The van der Waals surface area contributed by atoms with Crippen LogP contribution in [0.3, 0.4) is 0 Å². The molecule has 0 saturated carbocycles. The number of rotatable bonds is 2. The highest BCUT2D eigenvalue weighted by Gasteiger charge is 2.09. The van der Waals surface area contributed by atoms with Gasteiger partial charge >= 0.3 is 0 Å². The zero-order valence-corrected chi connectivity index (χ0v) is 8.23. The van der Waals surface area contributed by atoms with Gasteiger partial charge in [0, 0.05) is 12.2 Å². The number of aromatic amines is 1. The first kappa shape index (κ1) is 8.80. The fourth-order valence-electron chi connectivity index (χ4n) is 1.41. The summed E-state index contributed by atoms with van der Waals surface area (Å²) in [7, 11) is 0. The van der Waals surface area contributed by atoms with Gasteiger partial charge in [0.25, 0.3) is 0 Å². The predicted octanol–water partition coefficient (Wildman–Crippen LogP) is 1.44. The van der Waals surface area contributed by atoms with Gasteiger partial charge in [-0.05, 0) is 19.9 Å². The van der Waals surface area contributed by atoms with Crippen molar-refractivity contribution in [2.75, 3.05) is 5.73 Å². The van der Waals surface area contributed by atoms with E-state index in [0.29, 0.717) is 12.0 Å². The number of anilines is 1. The standard InChI is InChI=1S/C9H13N5/c1-6(2)14-8(3-4-12-14)7-5-11-9(10)13-7/h3-6H,1-2H3,(H3,10,11,13). The Balaban J connectivity index is 2.46. The molecule has 0 atom stereocenters. The van der Waals surface area contributed by atoms with Crippen molar-refractivity contribution in [1.82, 2.24) is 19.7 Å². The molecule has 14 heavy (non-hydrogen) atoms. The molecule has 0 unspecified atom stereocenters. The van der Waals surface area contributed by atoms with Gasteiger partial charge in [0.1, 0.15) is 0 Å². The number of hydrogen-bond donors (Lipinski definition) is 2. The summed E-state index contributed by atoms with van der Waals surface area (Å²) in [6.07, 6.45) is 3.48. The first-order valence-electron chi connectivity index (χ1n) is 4.53. The summed E-state index contributed by atoms with van der Waals surface area (Å²) in [6.45, 7) is 4.16. The van der Waals surface area contributed by atoms with Crippen LogP contribution in [0.2, 0.25) is 0 Å². The second kappa shape index (κ2) is 3.17. The van der Waals surface area contributed by atoms with Gasteiger partial charge in [0.2, 0.25) is 0 Å². The summed E-state index contributed by atoms with van der Waals surface area (Å²) < 4.78 is 1.92. The van der Waals surface area contributed by atoms with E-state index in [9.17, 15) is 0 Å². The Bertz CT molecular complexity index is 426. The highest BCUT2D eigenvalue weighted by Crippen LogP contribution is 2.20. The van der Waals surface area contributed by atoms with E-state index < -0.39 is 0 Å². The maximum absolute atomic E-state index is 5.51. The van der Waals surface area contributed by atoms with Crippen molar-refractivity contribution in [3.63, 3.8) is 0 Å². The van der Waals surface area contributed by atoms with Crippen LogP contribution in [-0.4, -0.2) is 19.7 Å². The third-order valence-corrected chi connectivity index (χ3v) is 2.03. The van der Waals surface area contributed by atoms with Crippen LogP contribution in [-0.2, 0) is 0 Å². The van der Waals surface area contributed by atoms with Crippen LogP contribution in [0.1, 0.15) is 19.9 Å². The van der Waals surface area contributed by atoms with Crippen LogP contribution in [0.5, 0.6) is 0 Å². The summed E-state index contributed by atoms with van der Waals surface area (Å²) in [5.74, 6) is 0.427. The SMILES string of the molecule is CC(C)n1nccc1-c1cnc(N)[nH]1. The number of hydrogen-bond acceptors (Lipinski definition) is 3. The number of nitrogens with one attached hydrogen (secondary N) is 1. The zero-order valence-electron chi connectivity index (χ0n) is 8.23. The van der Waals surface area contributed by atoms with Crippen molar-refractivity contribution in [2.45, 2.75) is 19.9 Å². The Hall–Kier alpha value is -1.78. The van der Waals surface area contributed by atoms with E-state index >= 15 is 0 Å². The summed E-state index contributed by atoms with van der Waals surface area (Å²) in [4.78, 5) is 6.93. The average molecular weight is 191 g/mol. The van der Waals surface area contributed by atoms with E-state index in [0.717, 1.165) is 11.4 Å². The van der Waals surface area contributed by atoms with Gasteiger partial charge in [-0.15, -0.1) is 0 Å². The maximum Gasteiger partial charge on any atom is 0.197 e. The fraction of sp³-hybridized carbons (Fsp3) is 0.333.